The van der Waals surface area contributed by atoms with Gasteiger partial charge in [-0.1, -0.05) is 23.8 Å². The number of rotatable bonds is 6. The number of amides is 2. The quantitative estimate of drug-likeness (QED) is 0.837. The first-order valence-electron chi connectivity index (χ1n) is 7.44. The Morgan fingerprint density at radius 1 is 0.917 bits per heavy atom. The molecule has 0 unspecified atom stereocenters. The number of thioether (sulfide) groups is 1. The number of aryl methyl sites for hydroxylation is 2. The first-order chi connectivity index (χ1) is 11.4. The minimum absolute atomic E-state index is 0.0781. The summed E-state index contributed by atoms with van der Waals surface area (Å²) in [7, 11) is 0. The molecular weight excluding hydrogens is 327 g/mol. The first-order valence-corrected chi connectivity index (χ1v) is 8.60. The molecule has 2 aromatic carbocycles. The van der Waals surface area contributed by atoms with Gasteiger partial charge < -0.3 is 10.6 Å². The molecule has 0 spiro atoms. The molecule has 2 aromatic rings. The number of benzene rings is 2. The molecule has 0 heterocycles. The predicted octanol–water partition coefficient (Wildman–Crippen LogP) is 3.75. The van der Waals surface area contributed by atoms with Gasteiger partial charge in [-0.3, -0.25) is 9.59 Å². The SMILES string of the molecule is Cc1ccc(NC(=O)CSCC(=O)Nc2cc(C)ccc2F)cc1. The van der Waals surface area contributed by atoms with Crippen LogP contribution in [0.3, 0.4) is 0 Å². The van der Waals surface area contributed by atoms with Crippen molar-refractivity contribution in [3.05, 3.63) is 59.4 Å². The highest BCUT2D eigenvalue weighted by Gasteiger charge is 2.09. The fourth-order valence-corrected chi connectivity index (χ4v) is 2.61. The standard InChI is InChI=1S/C18H19FN2O2S/c1-12-3-6-14(7-4-12)20-17(22)10-24-11-18(23)21-16-9-13(2)5-8-15(16)19/h3-9H,10-11H2,1-2H3,(H,20,22)(H,21,23). The van der Waals surface area contributed by atoms with E-state index in [1.807, 2.05) is 38.1 Å². The van der Waals surface area contributed by atoms with Gasteiger partial charge in [0.2, 0.25) is 11.8 Å². The number of carbonyl (C=O) groups is 2. The molecule has 2 amide bonds. The number of anilines is 2. The van der Waals surface area contributed by atoms with E-state index in [1.54, 1.807) is 12.1 Å². The van der Waals surface area contributed by atoms with Crippen LogP contribution in [0.2, 0.25) is 0 Å². The van der Waals surface area contributed by atoms with Crippen molar-refractivity contribution in [2.45, 2.75) is 13.8 Å². The van der Waals surface area contributed by atoms with Gasteiger partial charge in [0, 0.05) is 5.69 Å². The maximum Gasteiger partial charge on any atom is 0.234 e. The van der Waals surface area contributed by atoms with Gasteiger partial charge in [0.05, 0.1) is 17.2 Å². The third-order valence-corrected chi connectivity index (χ3v) is 4.13. The van der Waals surface area contributed by atoms with Gasteiger partial charge in [-0.25, -0.2) is 4.39 Å². The number of carbonyl (C=O) groups excluding carboxylic acids is 2. The molecule has 0 saturated carbocycles. The first kappa shape index (κ1) is 18.0. The second-order valence-corrected chi connectivity index (χ2v) is 6.42. The summed E-state index contributed by atoms with van der Waals surface area (Å²) >= 11 is 1.17. The van der Waals surface area contributed by atoms with Gasteiger partial charge in [-0.2, -0.15) is 0 Å². The van der Waals surface area contributed by atoms with E-state index in [2.05, 4.69) is 10.6 Å². The molecule has 2 rings (SSSR count). The molecule has 126 valence electrons. The summed E-state index contributed by atoms with van der Waals surface area (Å²) in [5, 5.41) is 5.27. The average Bonchev–Trinajstić information content (AvgIpc) is 2.53. The maximum absolute atomic E-state index is 13.6. The smallest absolute Gasteiger partial charge is 0.234 e. The third-order valence-electron chi connectivity index (χ3n) is 3.20. The molecular formula is C18H19FN2O2S. The second kappa shape index (κ2) is 8.49. The van der Waals surface area contributed by atoms with Crippen LogP contribution in [0.25, 0.3) is 0 Å². The highest BCUT2D eigenvalue weighted by molar-refractivity contribution is 8.00. The number of nitrogens with one attached hydrogen (secondary N) is 2. The Hall–Kier alpha value is -2.34. The maximum atomic E-state index is 13.6. The van der Waals surface area contributed by atoms with Crippen molar-refractivity contribution in [1.29, 1.82) is 0 Å². The van der Waals surface area contributed by atoms with Crippen molar-refractivity contribution in [2.75, 3.05) is 22.1 Å². The average molecular weight is 346 g/mol. The fraction of sp³-hybridized carbons (Fsp3) is 0.222. The molecule has 6 heteroatoms. The van der Waals surface area contributed by atoms with E-state index in [4.69, 9.17) is 0 Å². The van der Waals surface area contributed by atoms with Crippen LogP contribution in [0.4, 0.5) is 15.8 Å². The van der Waals surface area contributed by atoms with Crippen LogP contribution in [0.1, 0.15) is 11.1 Å². The van der Waals surface area contributed by atoms with E-state index in [0.717, 1.165) is 16.8 Å². The molecule has 24 heavy (non-hydrogen) atoms. The van der Waals surface area contributed by atoms with Gasteiger partial charge >= 0.3 is 0 Å². The number of hydrogen-bond acceptors (Lipinski definition) is 3. The summed E-state index contributed by atoms with van der Waals surface area (Å²) in [4.78, 5) is 23.6. The summed E-state index contributed by atoms with van der Waals surface area (Å²) in [5.74, 6) is -0.770. The van der Waals surface area contributed by atoms with Crippen LogP contribution in [-0.2, 0) is 9.59 Å². The van der Waals surface area contributed by atoms with E-state index in [1.165, 1.54) is 17.8 Å². The Labute approximate surface area is 144 Å². The van der Waals surface area contributed by atoms with Crippen LogP contribution < -0.4 is 10.6 Å². The van der Waals surface area contributed by atoms with Crippen molar-refractivity contribution in [1.82, 2.24) is 0 Å². The lowest BCUT2D eigenvalue weighted by atomic mass is 10.2. The van der Waals surface area contributed by atoms with Crippen molar-refractivity contribution in [3.8, 4) is 0 Å². The van der Waals surface area contributed by atoms with Crippen LogP contribution in [0, 0.1) is 19.7 Å². The molecule has 2 N–H and O–H groups in total. The molecule has 0 saturated heterocycles. The van der Waals surface area contributed by atoms with Crippen molar-refractivity contribution in [3.63, 3.8) is 0 Å². The summed E-state index contributed by atoms with van der Waals surface area (Å²) in [6, 6.07) is 12.0. The molecule has 0 fully saturated rings. The zero-order valence-corrected chi connectivity index (χ0v) is 14.4. The van der Waals surface area contributed by atoms with Gasteiger partial charge in [0.25, 0.3) is 0 Å². The van der Waals surface area contributed by atoms with Crippen LogP contribution in [0.5, 0.6) is 0 Å². The van der Waals surface area contributed by atoms with Crippen LogP contribution in [0.15, 0.2) is 42.5 Å². The van der Waals surface area contributed by atoms with Crippen LogP contribution in [-0.4, -0.2) is 23.3 Å². The number of halogens is 1. The lowest BCUT2D eigenvalue weighted by Crippen LogP contribution is -2.19. The highest BCUT2D eigenvalue weighted by Crippen LogP contribution is 2.16. The van der Waals surface area contributed by atoms with E-state index < -0.39 is 5.82 Å². The Kier molecular flexibility index (Phi) is 6.37. The van der Waals surface area contributed by atoms with Gasteiger partial charge in [-0.15, -0.1) is 11.8 Å². The van der Waals surface area contributed by atoms with Crippen molar-refractivity contribution < 1.29 is 14.0 Å². The van der Waals surface area contributed by atoms with E-state index >= 15 is 0 Å². The Morgan fingerprint density at radius 2 is 1.50 bits per heavy atom. The minimum atomic E-state index is -0.476. The summed E-state index contributed by atoms with van der Waals surface area (Å²) in [5.41, 5.74) is 2.85. The van der Waals surface area contributed by atoms with Gasteiger partial charge in [0.15, 0.2) is 0 Å². The van der Waals surface area contributed by atoms with E-state index in [-0.39, 0.29) is 29.0 Å². The molecule has 0 bridgehead atoms. The topological polar surface area (TPSA) is 58.2 Å². The highest BCUT2D eigenvalue weighted by atomic mass is 32.2. The van der Waals surface area contributed by atoms with Gasteiger partial charge in [0.1, 0.15) is 5.82 Å². The van der Waals surface area contributed by atoms with Crippen molar-refractivity contribution >= 4 is 35.0 Å². The zero-order valence-electron chi connectivity index (χ0n) is 13.6. The summed E-state index contributed by atoms with van der Waals surface area (Å²) < 4.78 is 13.6. The third kappa shape index (κ3) is 5.70. The normalized spacial score (nSPS) is 10.3. The van der Waals surface area contributed by atoms with E-state index in [9.17, 15) is 14.0 Å². The zero-order chi connectivity index (χ0) is 17.5. The van der Waals surface area contributed by atoms with E-state index in [0.29, 0.717) is 0 Å². The largest absolute Gasteiger partial charge is 0.325 e. The Bertz CT molecular complexity index is 732. The fourth-order valence-electron chi connectivity index (χ4n) is 1.99. The lowest BCUT2D eigenvalue weighted by Gasteiger charge is -2.08. The monoisotopic (exact) mass is 346 g/mol. The summed E-state index contributed by atoms with van der Waals surface area (Å²) in [6.07, 6.45) is 0. The minimum Gasteiger partial charge on any atom is -0.325 e. The van der Waals surface area contributed by atoms with Crippen molar-refractivity contribution in [2.24, 2.45) is 0 Å². The molecule has 0 aliphatic rings. The van der Waals surface area contributed by atoms with Gasteiger partial charge in [-0.05, 0) is 43.7 Å². The van der Waals surface area contributed by atoms with Crippen LogP contribution >= 0.6 is 11.8 Å². The predicted molar refractivity (Wildman–Crippen MR) is 96.9 cm³/mol. The molecule has 0 aliphatic heterocycles. The summed E-state index contributed by atoms with van der Waals surface area (Å²) in [6.45, 7) is 3.79. The number of hydrogen-bond donors (Lipinski definition) is 2. The molecule has 0 aliphatic carbocycles. The molecule has 0 aromatic heterocycles. The Balaban J connectivity index is 1.75. The molecule has 4 nitrogen and oxygen atoms in total. The Morgan fingerprint density at radius 3 is 2.17 bits per heavy atom. The second-order valence-electron chi connectivity index (χ2n) is 5.44. The lowest BCUT2D eigenvalue weighted by molar-refractivity contribution is -0.114. The molecule has 0 radical (unpaired) electrons. The molecule has 0 atom stereocenters.